The molecule has 0 atom stereocenters. The van der Waals surface area contributed by atoms with E-state index >= 15 is 0 Å². The fourth-order valence-electron chi connectivity index (χ4n) is 3.04. The van der Waals surface area contributed by atoms with Crippen LogP contribution in [0.1, 0.15) is 25.7 Å². The summed E-state index contributed by atoms with van der Waals surface area (Å²) in [6, 6.07) is 1.14. The number of rotatable bonds is 1. The fourth-order valence-corrected chi connectivity index (χ4v) is 3.04. The van der Waals surface area contributed by atoms with Crippen molar-refractivity contribution < 1.29 is 9.47 Å². The zero-order valence-corrected chi connectivity index (χ0v) is 9.15. The third-order valence-electron chi connectivity index (χ3n) is 3.98. The SMILES string of the molecule is NC1CN(C2CCC3(CC2)OCCO3)C1. The first-order valence-electron chi connectivity index (χ1n) is 6.05. The molecule has 2 heterocycles. The summed E-state index contributed by atoms with van der Waals surface area (Å²) < 4.78 is 11.4. The Morgan fingerprint density at radius 3 is 2.20 bits per heavy atom. The van der Waals surface area contributed by atoms with E-state index in [-0.39, 0.29) is 5.79 Å². The highest BCUT2D eigenvalue weighted by Gasteiger charge is 2.42. The molecule has 2 N–H and O–H groups in total. The lowest BCUT2D eigenvalue weighted by atomic mass is 9.87. The lowest BCUT2D eigenvalue weighted by molar-refractivity contribution is -0.185. The van der Waals surface area contributed by atoms with E-state index in [4.69, 9.17) is 15.2 Å². The molecule has 1 spiro atoms. The van der Waals surface area contributed by atoms with Crippen molar-refractivity contribution >= 4 is 0 Å². The molecule has 0 unspecified atom stereocenters. The molecule has 0 aromatic carbocycles. The van der Waals surface area contributed by atoms with E-state index in [9.17, 15) is 0 Å². The van der Waals surface area contributed by atoms with Crippen LogP contribution in [0.4, 0.5) is 0 Å². The van der Waals surface area contributed by atoms with Gasteiger partial charge in [-0.2, -0.15) is 0 Å². The van der Waals surface area contributed by atoms with Gasteiger partial charge in [0.1, 0.15) is 0 Å². The predicted octanol–water partition coefficient (Wildman–Crippen LogP) is 0.315. The summed E-state index contributed by atoms with van der Waals surface area (Å²) >= 11 is 0. The Bertz CT molecular complexity index is 225. The highest BCUT2D eigenvalue weighted by atomic mass is 16.7. The van der Waals surface area contributed by atoms with Crippen molar-refractivity contribution in [1.82, 2.24) is 4.90 Å². The van der Waals surface area contributed by atoms with Gasteiger partial charge in [-0.05, 0) is 12.8 Å². The number of ether oxygens (including phenoxy) is 2. The molecule has 4 nitrogen and oxygen atoms in total. The van der Waals surface area contributed by atoms with Crippen molar-refractivity contribution in [2.24, 2.45) is 5.73 Å². The monoisotopic (exact) mass is 212 g/mol. The zero-order chi connectivity index (χ0) is 10.3. The summed E-state index contributed by atoms with van der Waals surface area (Å²) in [5.74, 6) is -0.205. The molecule has 2 saturated heterocycles. The fraction of sp³-hybridized carbons (Fsp3) is 1.00. The molecular weight excluding hydrogens is 192 g/mol. The molecule has 3 fully saturated rings. The molecule has 4 heteroatoms. The number of likely N-dealkylation sites (tertiary alicyclic amines) is 1. The van der Waals surface area contributed by atoms with Crippen LogP contribution in [-0.2, 0) is 9.47 Å². The van der Waals surface area contributed by atoms with Crippen LogP contribution in [0.15, 0.2) is 0 Å². The van der Waals surface area contributed by atoms with Gasteiger partial charge in [0, 0.05) is 38.0 Å². The van der Waals surface area contributed by atoms with Crippen LogP contribution in [0.5, 0.6) is 0 Å². The molecule has 1 saturated carbocycles. The van der Waals surface area contributed by atoms with Gasteiger partial charge in [0.05, 0.1) is 13.2 Å². The lowest BCUT2D eigenvalue weighted by Crippen LogP contribution is -2.60. The summed E-state index contributed by atoms with van der Waals surface area (Å²) in [4.78, 5) is 2.51. The summed E-state index contributed by atoms with van der Waals surface area (Å²) in [5.41, 5.74) is 5.80. The van der Waals surface area contributed by atoms with Crippen molar-refractivity contribution in [3.8, 4) is 0 Å². The van der Waals surface area contributed by atoms with Crippen LogP contribution in [-0.4, -0.2) is 49.1 Å². The van der Waals surface area contributed by atoms with Crippen LogP contribution in [0, 0.1) is 0 Å². The molecule has 2 aliphatic heterocycles. The van der Waals surface area contributed by atoms with Gasteiger partial charge in [-0.1, -0.05) is 0 Å². The Labute approximate surface area is 90.7 Å². The predicted molar refractivity (Wildman–Crippen MR) is 56.4 cm³/mol. The van der Waals surface area contributed by atoms with Gasteiger partial charge >= 0.3 is 0 Å². The standard InChI is InChI=1S/C11H20N2O2/c12-9-7-13(8-9)10-1-3-11(4-2-10)14-5-6-15-11/h9-10H,1-8,12H2. The van der Waals surface area contributed by atoms with E-state index in [1.54, 1.807) is 0 Å². The average Bonchev–Trinajstić information content (AvgIpc) is 2.64. The van der Waals surface area contributed by atoms with E-state index in [2.05, 4.69) is 4.90 Å². The van der Waals surface area contributed by atoms with Gasteiger partial charge in [0.25, 0.3) is 0 Å². The number of hydrogen-bond acceptors (Lipinski definition) is 4. The van der Waals surface area contributed by atoms with Crippen LogP contribution in [0.2, 0.25) is 0 Å². The quantitative estimate of drug-likeness (QED) is 0.680. The molecule has 86 valence electrons. The zero-order valence-electron chi connectivity index (χ0n) is 9.15. The number of nitrogens with two attached hydrogens (primary N) is 1. The molecule has 3 rings (SSSR count). The van der Waals surface area contributed by atoms with Crippen molar-refractivity contribution in [1.29, 1.82) is 0 Å². The topological polar surface area (TPSA) is 47.7 Å². The lowest BCUT2D eigenvalue weighted by Gasteiger charge is -2.46. The van der Waals surface area contributed by atoms with E-state index in [0.717, 1.165) is 45.2 Å². The van der Waals surface area contributed by atoms with Gasteiger partial charge in [0.15, 0.2) is 5.79 Å². The summed E-state index contributed by atoms with van der Waals surface area (Å²) in [6.45, 7) is 3.72. The highest BCUT2D eigenvalue weighted by molar-refractivity contribution is 4.92. The minimum atomic E-state index is -0.205. The third kappa shape index (κ3) is 1.80. The summed E-state index contributed by atoms with van der Waals surface area (Å²) in [6.07, 6.45) is 4.52. The van der Waals surface area contributed by atoms with E-state index in [0.29, 0.717) is 6.04 Å². The molecule has 3 aliphatic rings. The van der Waals surface area contributed by atoms with Gasteiger partial charge in [-0.25, -0.2) is 0 Å². The Kier molecular flexibility index (Phi) is 2.47. The molecule has 0 aromatic rings. The minimum absolute atomic E-state index is 0.205. The molecule has 1 aliphatic carbocycles. The summed E-state index contributed by atoms with van der Waals surface area (Å²) in [5, 5.41) is 0. The summed E-state index contributed by atoms with van der Waals surface area (Å²) in [7, 11) is 0. The second-order valence-corrected chi connectivity index (χ2v) is 5.05. The molecule has 0 aromatic heterocycles. The van der Waals surface area contributed by atoms with Crippen molar-refractivity contribution in [3.63, 3.8) is 0 Å². The number of hydrogen-bond donors (Lipinski definition) is 1. The molecule has 0 radical (unpaired) electrons. The average molecular weight is 212 g/mol. The second-order valence-electron chi connectivity index (χ2n) is 5.05. The molecular formula is C11H20N2O2. The first kappa shape index (κ1) is 10.0. The Morgan fingerprint density at radius 1 is 1.07 bits per heavy atom. The maximum Gasteiger partial charge on any atom is 0.168 e. The second kappa shape index (κ2) is 3.70. The van der Waals surface area contributed by atoms with Gasteiger partial charge in [-0.3, -0.25) is 4.90 Å². The van der Waals surface area contributed by atoms with Crippen LogP contribution >= 0.6 is 0 Å². The van der Waals surface area contributed by atoms with Gasteiger partial charge in [-0.15, -0.1) is 0 Å². The van der Waals surface area contributed by atoms with E-state index in [1.165, 1.54) is 12.8 Å². The van der Waals surface area contributed by atoms with Crippen molar-refractivity contribution in [3.05, 3.63) is 0 Å². The molecule has 0 bridgehead atoms. The van der Waals surface area contributed by atoms with E-state index < -0.39 is 0 Å². The smallest absolute Gasteiger partial charge is 0.168 e. The van der Waals surface area contributed by atoms with Crippen LogP contribution in [0.3, 0.4) is 0 Å². The first-order valence-corrected chi connectivity index (χ1v) is 6.05. The van der Waals surface area contributed by atoms with Gasteiger partial charge < -0.3 is 15.2 Å². The van der Waals surface area contributed by atoms with Crippen molar-refractivity contribution in [2.45, 2.75) is 43.6 Å². The Balaban J connectivity index is 1.52. The van der Waals surface area contributed by atoms with Crippen molar-refractivity contribution in [2.75, 3.05) is 26.3 Å². The normalized spacial score (nSPS) is 33.4. The molecule has 15 heavy (non-hydrogen) atoms. The number of nitrogens with zero attached hydrogens (tertiary/aromatic N) is 1. The van der Waals surface area contributed by atoms with E-state index in [1.807, 2.05) is 0 Å². The maximum absolute atomic E-state index is 5.80. The van der Waals surface area contributed by atoms with Crippen LogP contribution in [0.25, 0.3) is 0 Å². The van der Waals surface area contributed by atoms with Crippen LogP contribution < -0.4 is 5.73 Å². The van der Waals surface area contributed by atoms with Gasteiger partial charge in [0.2, 0.25) is 0 Å². The maximum atomic E-state index is 5.80. The molecule has 0 amide bonds. The Morgan fingerprint density at radius 2 is 1.67 bits per heavy atom. The minimum Gasteiger partial charge on any atom is -0.348 e. The highest BCUT2D eigenvalue weighted by Crippen LogP contribution is 2.38. The first-order chi connectivity index (χ1) is 7.27. The third-order valence-corrected chi connectivity index (χ3v) is 3.98. The largest absolute Gasteiger partial charge is 0.348 e. The Hall–Kier alpha value is -0.160.